The standard InChI is InChI=1S/C11H15N5/c1-8-5-13-16(6-8)7-11-14-9(2)4-10(12-3)15-11/h4-6H,7H2,1-3H3,(H,12,14,15). The first-order chi connectivity index (χ1) is 7.67. The average molecular weight is 217 g/mol. The van der Waals surface area contributed by atoms with Gasteiger partial charge in [0.1, 0.15) is 12.4 Å². The Morgan fingerprint density at radius 3 is 2.75 bits per heavy atom. The maximum Gasteiger partial charge on any atom is 0.152 e. The van der Waals surface area contributed by atoms with Crippen molar-refractivity contribution < 1.29 is 0 Å². The first-order valence-electron chi connectivity index (χ1n) is 5.19. The van der Waals surface area contributed by atoms with Gasteiger partial charge in [0.2, 0.25) is 0 Å². The molecule has 5 nitrogen and oxygen atoms in total. The van der Waals surface area contributed by atoms with Gasteiger partial charge in [-0.25, -0.2) is 9.97 Å². The molecule has 0 spiro atoms. The molecule has 0 bridgehead atoms. The van der Waals surface area contributed by atoms with E-state index < -0.39 is 0 Å². The van der Waals surface area contributed by atoms with Crippen molar-refractivity contribution in [2.24, 2.45) is 0 Å². The molecule has 2 aromatic rings. The molecule has 0 aromatic carbocycles. The van der Waals surface area contributed by atoms with Crippen molar-refractivity contribution in [3.05, 3.63) is 35.5 Å². The number of nitrogens with one attached hydrogen (secondary N) is 1. The first-order valence-corrected chi connectivity index (χ1v) is 5.19. The predicted molar refractivity (Wildman–Crippen MR) is 62.4 cm³/mol. The van der Waals surface area contributed by atoms with E-state index in [9.17, 15) is 0 Å². The van der Waals surface area contributed by atoms with Crippen molar-refractivity contribution in [3.63, 3.8) is 0 Å². The Bertz CT molecular complexity index is 489. The summed E-state index contributed by atoms with van der Waals surface area (Å²) in [6.07, 6.45) is 3.81. The number of anilines is 1. The van der Waals surface area contributed by atoms with Gasteiger partial charge in [0, 0.05) is 25.0 Å². The summed E-state index contributed by atoms with van der Waals surface area (Å²) in [6.45, 7) is 4.57. The van der Waals surface area contributed by atoms with Crippen molar-refractivity contribution in [1.82, 2.24) is 19.7 Å². The number of hydrogen-bond acceptors (Lipinski definition) is 4. The Kier molecular flexibility index (Phi) is 2.85. The fourth-order valence-electron chi connectivity index (χ4n) is 1.53. The molecule has 0 amide bonds. The minimum Gasteiger partial charge on any atom is -0.373 e. The maximum absolute atomic E-state index is 4.37. The zero-order valence-electron chi connectivity index (χ0n) is 9.73. The van der Waals surface area contributed by atoms with Crippen molar-refractivity contribution in [1.29, 1.82) is 0 Å². The Morgan fingerprint density at radius 1 is 1.31 bits per heavy atom. The third kappa shape index (κ3) is 2.36. The highest BCUT2D eigenvalue weighted by Gasteiger charge is 2.02. The van der Waals surface area contributed by atoms with Crippen LogP contribution in [0.2, 0.25) is 0 Å². The summed E-state index contributed by atoms with van der Waals surface area (Å²) in [5.74, 6) is 1.61. The molecule has 2 rings (SSSR count). The fourth-order valence-corrected chi connectivity index (χ4v) is 1.53. The maximum atomic E-state index is 4.37. The van der Waals surface area contributed by atoms with Gasteiger partial charge in [-0.2, -0.15) is 5.10 Å². The van der Waals surface area contributed by atoms with Crippen LogP contribution < -0.4 is 5.32 Å². The molecule has 5 heteroatoms. The van der Waals surface area contributed by atoms with Crippen LogP contribution in [0.15, 0.2) is 18.5 Å². The van der Waals surface area contributed by atoms with Gasteiger partial charge < -0.3 is 5.32 Å². The van der Waals surface area contributed by atoms with Gasteiger partial charge in [-0.15, -0.1) is 0 Å². The van der Waals surface area contributed by atoms with E-state index >= 15 is 0 Å². The summed E-state index contributed by atoms with van der Waals surface area (Å²) in [5, 5.41) is 7.23. The molecule has 16 heavy (non-hydrogen) atoms. The van der Waals surface area contributed by atoms with Gasteiger partial charge in [-0.1, -0.05) is 0 Å². The summed E-state index contributed by atoms with van der Waals surface area (Å²) in [4.78, 5) is 8.75. The summed E-state index contributed by atoms with van der Waals surface area (Å²) in [7, 11) is 1.85. The smallest absolute Gasteiger partial charge is 0.152 e. The third-order valence-electron chi connectivity index (χ3n) is 2.22. The second-order valence-electron chi connectivity index (χ2n) is 3.78. The van der Waals surface area contributed by atoms with Crippen LogP contribution in [-0.4, -0.2) is 26.8 Å². The van der Waals surface area contributed by atoms with Gasteiger partial charge >= 0.3 is 0 Å². The van der Waals surface area contributed by atoms with Crippen LogP contribution in [0.5, 0.6) is 0 Å². The first kappa shape index (κ1) is 10.6. The van der Waals surface area contributed by atoms with E-state index in [1.54, 1.807) is 0 Å². The second-order valence-corrected chi connectivity index (χ2v) is 3.78. The molecule has 0 aliphatic carbocycles. The van der Waals surface area contributed by atoms with Crippen LogP contribution >= 0.6 is 0 Å². The molecule has 84 valence electrons. The second kappa shape index (κ2) is 4.30. The molecule has 1 N–H and O–H groups in total. The number of aryl methyl sites for hydroxylation is 2. The molecule has 0 aliphatic rings. The molecule has 0 unspecified atom stereocenters. The van der Waals surface area contributed by atoms with E-state index in [2.05, 4.69) is 20.4 Å². The average Bonchev–Trinajstić information content (AvgIpc) is 2.63. The lowest BCUT2D eigenvalue weighted by Crippen LogP contribution is -2.07. The van der Waals surface area contributed by atoms with E-state index in [0.717, 1.165) is 22.9 Å². The normalized spacial score (nSPS) is 10.4. The molecule has 2 heterocycles. The Balaban J connectivity index is 2.24. The molecular weight excluding hydrogens is 202 g/mol. The SMILES string of the molecule is CNc1cc(C)nc(Cn2cc(C)cn2)n1. The Labute approximate surface area is 94.5 Å². The molecule has 0 atom stereocenters. The van der Waals surface area contributed by atoms with Crippen LogP contribution in [-0.2, 0) is 6.54 Å². The lowest BCUT2D eigenvalue weighted by molar-refractivity contribution is 0.653. The van der Waals surface area contributed by atoms with Crippen molar-refractivity contribution in [2.45, 2.75) is 20.4 Å². The molecule has 2 aromatic heterocycles. The molecule has 0 saturated heterocycles. The van der Waals surface area contributed by atoms with Crippen molar-refractivity contribution in [2.75, 3.05) is 12.4 Å². The Hall–Kier alpha value is -1.91. The molecule has 0 radical (unpaired) electrons. The van der Waals surface area contributed by atoms with Crippen molar-refractivity contribution in [3.8, 4) is 0 Å². The summed E-state index contributed by atoms with van der Waals surface area (Å²) >= 11 is 0. The van der Waals surface area contributed by atoms with E-state index in [0.29, 0.717) is 6.54 Å². The van der Waals surface area contributed by atoms with Crippen LogP contribution in [0.4, 0.5) is 5.82 Å². The lowest BCUT2D eigenvalue weighted by atomic mass is 10.4. The van der Waals surface area contributed by atoms with Crippen LogP contribution in [0, 0.1) is 13.8 Å². The van der Waals surface area contributed by atoms with Gasteiger partial charge in [-0.3, -0.25) is 4.68 Å². The van der Waals surface area contributed by atoms with E-state index in [1.807, 2.05) is 44.0 Å². The number of rotatable bonds is 3. The molecule has 0 aliphatic heterocycles. The Morgan fingerprint density at radius 2 is 2.12 bits per heavy atom. The summed E-state index contributed by atoms with van der Waals surface area (Å²) in [6, 6.07) is 1.91. The number of aromatic nitrogens is 4. The monoisotopic (exact) mass is 217 g/mol. The van der Waals surface area contributed by atoms with Gasteiger partial charge in [0.05, 0.1) is 6.20 Å². The van der Waals surface area contributed by atoms with Crippen LogP contribution in [0.3, 0.4) is 0 Å². The quantitative estimate of drug-likeness (QED) is 0.844. The minimum absolute atomic E-state index is 0.601. The molecular formula is C11H15N5. The lowest BCUT2D eigenvalue weighted by Gasteiger charge is -2.05. The third-order valence-corrected chi connectivity index (χ3v) is 2.22. The van der Waals surface area contributed by atoms with Crippen molar-refractivity contribution >= 4 is 5.82 Å². The zero-order chi connectivity index (χ0) is 11.5. The minimum atomic E-state index is 0.601. The summed E-state index contributed by atoms with van der Waals surface area (Å²) in [5.41, 5.74) is 2.10. The number of nitrogens with zero attached hydrogens (tertiary/aromatic N) is 4. The fraction of sp³-hybridized carbons (Fsp3) is 0.364. The topological polar surface area (TPSA) is 55.6 Å². The predicted octanol–water partition coefficient (Wildman–Crippen LogP) is 1.38. The summed E-state index contributed by atoms with van der Waals surface area (Å²) < 4.78 is 1.84. The number of hydrogen-bond donors (Lipinski definition) is 1. The highest BCUT2D eigenvalue weighted by atomic mass is 15.3. The van der Waals surface area contributed by atoms with Gasteiger partial charge in [0.25, 0.3) is 0 Å². The van der Waals surface area contributed by atoms with E-state index in [-0.39, 0.29) is 0 Å². The largest absolute Gasteiger partial charge is 0.373 e. The van der Waals surface area contributed by atoms with Gasteiger partial charge in [-0.05, 0) is 19.4 Å². The van der Waals surface area contributed by atoms with Gasteiger partial charge in [0.15, 0.2) is 5.82 Å². The molecule has 0 fully saturated rings. The van der Waals surface area contributed by atoms with Crippen LogP contribution in [0.25, 0.3) is 0 Å². The molecule has 0 saturated carbocycles. The highest BCUT2D eigenvalue weighted by Crippen LogP contribution is 2.06. The van der Waals surface area contributed by atoms with E-state index in [4.69, 9.17) is 0 Å². The van der Waals surface area contributed by atoms with E-state index in [1.165, 1.54) is 0 Å². The highest BCUT2D eigenvalue weighted by molar-refractivity contribution is 5.34. The zero-order valence-corrected chi connectivity index (χ0v) is 9.73. The van der Waals surface area contributed by atoms with Crippen LogP contribution in [0.1, 0.15) is 17.1 Å².